The molecule has 2 atom stereocenters. The fraction of sp³-hybridized carbons (Fsp3) is 0.800. The van der Waals surface area contributed by atoms with Gasteiger partial charge in [-0.15, -0.1) is 12.3 Å². The monoisotopic (exact) mass is 168 g/mol. The summed E-state index contributed by atoms with van der Waals surface area (Å²) in [4.78, 5) is 0. The highest BCUT2D eigenvalue weighted by Crippen LogP contribution is 2.32. The lowest BCUT2D eigenvalue weighted by molar-refractivity contribution is 0.327. The maximum absolute atomic E-state index is 5.47. The Morgan fingerprint density at radius 1 is 1.55 bits per heavy atom. The van der Waals surface area contributed by atoms with Crippen LogP contribution in [0.15, 0.2) is 0 Å². The Morgan fingerprint density at radius 3 is 2.73 bits per heavy atom. The SMILES string of the molecule is C#CC1CCSCC1C(C)C. The Hall–Kier alpha value is -0.0900. The summed E-state index contributed by atoms with van der Waals surface area (Å²) >= 11 is 2.05. The summed E-state index contributed by atoms with van der Waals surface area (Å²) < 4.78 is 0. The molecule has 0 aromatic rings. The van der Waals surface area contributed by atoms with E-state index in [1.54, 1.807) is 0 Å². The van der Waals surface area contributed by atoms with E-state index < -0.39 is 0 Å². The van der Waals surface area contributed by atoms with Gasteiger partial charge in [0.25, 0.3) is 0 Å². The van der Waals surface area contributed by atoms with E-state index in [0.717, 1.165) is 11.8 Å². The van der Waals surface area contributed by atoms with Crippen molar-refractivity contribution in [3.05, 3.63) is 0 Å². The smallest absolute Gasteiger partial charge is 0.0246 e. The van der Waals surface area contributed by atoms with Gasteiger partial charge in [-0.25, -0.2) is 0 Å². The van der Waals surface area contributed by atoms with Gasteiger partial charge in [0.05, 0.1) is 0 Å². The molecule has 0 aliphatic carbocycles. The Kier molecular flexibility index (Phi) is 3.33. The van der Waals surface area contributed by atoms with Crippen molar-refractivity contribution in [3.8, 4) is 12.3 Å². The maximum Gasteiger partial charge on any atom is 0.0246 e. The largest absolute Gasteiger partial charge is 0.162 e. The summed E-state index contributed by atoms with van der Waals surface area (Å²) in [6.45, 7) is 4.56. The van der Waals surface area contributed by atoms with Crippen LogP contribution in [0.2, 0.25) is 0 Å². The summed E-state index contributed by atoms with van der Waals surface area (Å²) in [7, 11) is 0. The fourth-order valence-electron chi connectivity index (χ4n) is 1.62. The Balaban J connectivity index is 2.53. The minimum atomic E-state index is 0.552. The van der Waals surface area contributed by atoms with Crippen LogP contribution in [0.5, 0.6) is 0 Å². The van der Waals surface area contributed by atoms with Gasteiger partial charge in [-0.1, -0.05) is 13.8 Å². The van der Waals surface area contributed by atoms with E-state index in [-0.39, 0.29) is 0 Å². The summed E-state index contributed by atoms with van der Waals surface area (Å²) in [6.07, 6.45) is 6.70. The molecule has 0 aromatic carbocycles. The molecule has 1 aliphatic rings. The molecule has 0 spiro atoms. The van der Waals surface area contributed by atoms with Gasteiger partial charge < -0.3 is 0 Å². The van der Waals surface area contributed by atoms with E-state index in [9.17, 15) is 0 Å². The molecule has 0 N–H and O–H groups in total. The highest BCUT2D eigenvalue weighted by Gasteiger charge is 2.25. The highest BCUT2D eigenvalue weighted by atomic mass is 32.2. The van der Waals surface area contributed by atoms with Crippen molar-refractivity contribution < 1.29 is 0 Å². The molecule has 1 rings (SSSR count). The zero-order valence-electron chi connectivity index (χ0n) is 7.34. The molecule has 0 amide bonds. The molecule has 0 saturated carbocycles. The van der Waals surface area contributed by atoms with Crippen LogP contribution in [0.3, 0.4) is 0 Å². The molecule has 0 aromatic heterocycles. The van der Waals surface area contributed by atoms with Crippen molar-refractivity contribution in [1.82, 2.24) is 0 Å². The van der Waals surface area contributed by atoms with Crippen LogP contribution in [0.4, 0.5) is 0 Å². The van der Waals surface area contributed by atoms with Gasteiger partial charge in [0, 0.05) is 5.92 Å². The average Bonchev–Trinajstić information content (AvgIpc) is 2.04. The van der Waals surface area contributed by atoms with E-state index in [4.69, 9.17) is 6.42 Å². The topological polar surface area (TPSA) is 0 Å². The molecule has 1 heterocycles. The van der Waals surface area contributed by atoms with E-state index in [1.165, 1.54) is 17.9 Å². The number of hydrogen-bond acceptors (Lipinski definition) is 1. The summed E-state index contributed by atoms with van der Waals surface area (Å²) in [5, 5.41) is 0. The number of terminal acetylenes is 1. The quantitative estimate of drug-likeness (QED) is 0.542. The molecular formula is C10H16S. The van der Waals surface area contributed by atoms with Crippen LogP contribution in [0.1, 0.15) is 20.3 Å². The van der Waals surface area contributed by atoms with E-state index in [2.05, 4.69) is 31.5 Å². The minimum Gasteiger partial charge on any atom is -0.162 e. The average molecular weight is 168 g/mol. The van der Waals surface area contributed by atoms with Gasteiger partial charge in [0.2, 0.25) is 0 Å². The fourth-order valence-corrected chi connectivity index (χ4v) is 3.10. The molecule has 1 aliphatic heterocycles. The molecular weight excluding hydrogens is 152 g/mol. The van der Waals surface area contributed by atoms with Gasteiger partial charge in [-0.05, 0) is 29.8 Å². The second kappa shape index (κ2) is 4.07. The third-order valence-corrected chi connectivity index (χ3v) is 3.62. The lowest BCUT2D eigenvalue weighted by atomic mass is 9.83. The highest BCUT2D eigenvalue weighted by molar-refractivity contribution is 7.99. The number of rotatable bonds is 1. The van der Waals surface area contributed by atoms with Gasteiger partial charge in [0.1, 0.15) is 0 Å². The van der Waals surface area contributed by atoms with Crippen molar-refractivity contribution in [1.29, 1.82) is 0 Å². The van der Waals surface area contributed by atoms with Crippen LogP contribution in [0.25, 0.3) is 0 Å². The van der Waals surface area contributed by atoms with Crippen LogP contribution in [-0.2, 0) is 0 Å². The number of hydrogen-bond donors (Lipinski definition) is 0. The van der Waals surface area contributed by atoms with Gasteiger partial charge in [-0.2, -0.15) is 11.8 Å². The van der Waals surface area contributed by atoms with Crippen molar-refractivity contribution in [2.24, 2.45) is 17.8 Å². The van der Waals surface area contributed by atoms with E-state index >= 15 is 0 Å². The normalized spacial score (nSPS) is 31.8. The molecule has 11 heavy (non-hydrogen) atoms. The summed E-state index contributed by atoms with van der Waals surface area (Å²) in [5.41, 5.74) is 0. The summed E-state index contributed by atoms with van der Waals surface area (Å²) in [5.74, 6) is 7.52. The Labute approximate surface area is 74.1 Å². The van der Waals surface area contributed by atoms with E-state index in [1.807, 2.05) is 0 Å². The molecule has 0 nitrogen and oxygen atoms in total. The van der Waals surface area contributed by atoms with Crippen molar-refractivity contribution >= 4 is 11.8 Å². The van der Waals surface area contributed by atoms with Crippen LogP contribution < -0.4 is 0 Å². The van der Waals surface area contributed by atoms with Gasteiger partial charge in [-0.3, -0.25) is 0 Å². The molecule has 0 radical (unpaired) electrons. The van der Waals surface area contributed by atoms with E-state index in [0.29, 0.717) is 5.92 Å². The predicted molar refractivity (Wildman–Crippen MR) is 52.6 cm³/mol. The van der Waals surface area contributed by atoms with Crippen LogP contribution >= 0.6 is 11.8 Å². The van der Waals surface area contributed by atoms with Crippen molar-refractivity contribution in [2.75, 3.05) is 11.5 Å². The summed E-state index contributed by atoms with van der Waals surface area (Å²) in [6, 6.07) is 0. The first-order chi connectivity index (χ1) is 5.25. The lowest BCUT2D eigenvalue weighted by Gasteiger charge is -2.30. The maximum atomic E-state index is 5.47. The molecule has 2 unspecified atom stereocenters. The molecule has 1 saturated heterocycles. The second-order valence-corrected chi connectivity index (χ2v) is 4.69. The van der Waals surface area contributed by atoms with Crippen molar-refractivity contribution in [3.63, 3.8) is 0 Å². The predicted octanol–water partition coefficient (Wildman–Crippen LogP) is 2.64. The molecule has 0 bridgehead atoms. The Bertz CT molecular complexity index is 155. The number of thioether (sulfide) groups is 1. The lowest BCUT2D eigenvalue weighted by Crippen LogP contribution is -2.25. The van der Waals surface area contributed by atoms with Crippen LogP contribution in [-0.4, -0.2) is 11.5 Å². The van der Waals surface area contributed by atoms with Crippen molar-refractivity contribution in [2.45, 2.75) is 20.3 Å². The first kappa shape index (κ1) is 9.00. The van der Waals surface area contributed by atoms with Gasteiger partial charge in [0.15, 0.2) is 0 Å². The zero-order chi connectivity index (χ0) is 8.27. The third-order valence-electron chi connectivity index (χ3n) is 2.47. The minimum absolute atomic E-state index is 0.552. The zero-order valence-corrected chi connectivity index (χ0v) is 8.16. The first-order valence-electron chi connectivity index (χ1n) is 4.29. The molecule has 1 heteroatoms. The van der Waals surface area contributed by atoms with Crippen LogP contribution in [0, 0.1) is 30.1 Å². The molecule has 62 valence electrons. The first-order valence-corrected chi connectivity index (χ1v) is 5.45. The van der Waals surface area contributed by atoms with Gasteiger partial charge >= 0.3 is 0 Å². The Morgan fingerprint density at radius 2 is 2.27 bits per heavy atom. The molecule has 1 fully saturated rings. The third kappa shape index (κ3) is 2.17. The standard InChI is InChI=1S/C10H16S/c1-4-9-5-6-11-7-10(9)8(2)3/h1,8-10H,5-7H2,2-3H3. The second-order valence-electron chi connectivity index (χ2n) is 3.54.